The second-order valence-electron chi connectivity index (χ2n) is 13.3. The standard InChI is InChI=1S/C33H70AsO3P/c1-6-8-10-12-14-16-18-20-22-24-26-28-30-33(34(3,4)5,32-38(35,36)37)31-29-27-25-23-21-19-17-15-13-11-9-7-2/h6-32H2,1-5H3,(H-,35,36,37)/p+1. The normalized spacial score (nSPS) is 12.9. The van der Waals surface area contributed by atoms with Gasteiger partial charge in [0.25, 0.3) is 0 Å². The molecule has 0 rings (SSSR count). The molecule has 0 unspecified atom stereocenters. The molecule has 2 N–H and O–H groups in total. The maximum atomic E-state index is 12.3. The van der Waals surface area contributed by atoms with E-state index in [0.717, 1.165) is 25.7 Å². The fourth-order valence-corrected chi connectivity index (χ4v) is 15.0. The molecule has 0 atom stereocenters. The van der Waals surface area contributed by atoms with Gasteiger partial charge in [-0.2, -0.15) is 0 Å². The Bertz CT molecular complexity index is 527. The first-order valence-electron chi connectivity index (χ1n) is 16.9. The molecule has 0 radical (unpaired) electrons. The van der Waals surface area contributed by atoms with Crippen molar-refractivity contribution in [1.29, 1.82) is 0 Å². The van der Waals surface area contributed by atoms with Crippen molar-refractivity contribution in [3.63, 3.8) is 0 Å². The van der Waals surface area contributed by atoms with Crippen LogP contribution < -0.4 is 0 Å². The SMILES string of the molecule is CCCCCCCCCCCCCCC(CCCCCCCCCCCCCC)(CP(=O)(O)O)[As+](C)(C)C. The summed E-state index contributed by atoms with van der Waals surface area (Å²) < 4.78 is 12.2. The molecule has 0 aliphatic heterocycles. The van der Waals surface area contributed by atoms with Crippen LogP contribution >= 0.6 is 7.60 Å². The molecule has 0 aliphatic rings. The van der Waals surface area contributed by atoms with Crippen LogP contribution in [0.25, 0.3) is 0 Å². The van der Waals surface area contributed by atoms with Crippen molar-refractivity contribution in [2.45, 2.75) is 202 Å². The van der Waals surface area contributed by atoms with E-state index in [4.69, 9.17) is 0 Å². The van der Waals surface area contributed by atoms with E-state index < -0.39 is 21.1 Å². The minimum atomic E-state index is -4.01. The molecule has 0 saturated heterocycles. The summed E-state index contributed by atoms with van der Waals surface area (Å²) >= 11 is -2.13. The zero-order valence-corrected chi connectivity index (χ0v) is 29.6. The zero-order valence-electron chi connectivity index (χ0n) is 26.8. The third kappa shape index (κ3) is 22.4. The zero-order chi connectivity index (χ0) is 28.6. The van der Waals surface area contributed by atoms with Gasteiger partial charge in [0.15, 0.2) is 0 Å². The van der Waals surface area contributed by atoms with Crippen molar-refractivity contribution >= 4 is 21.1 Å². The van der Waals surface area contributed by atoms with E-state index in [2.05, 4.69) is 31.0 Å². The number of rotatable bonds is 29. The van der Waals surface area contributed by atoms with Gasteiger partial charge in [-0.3, -0.25) is 0 Å². The summed E-state index contributed by atoms with van der Waals surface area (Å²) in [6, 6.07) is 0. The van der Waals surface area contributed by atoms with Crippen molar-refractivity contribution < 1.29 is 14.4 Å². The van der Waals surface area contributed by atoms with Crippen LogP contribution in [0.15, 0.2) is 0 Å². The molecule has 230 valence electrons. The van der Waals surface area contributed by atoms with Gasteiger partial charge in [-0.25, -0.2) is 0 Å². The van der Waals surface area contributed by atoms with E-state index in [0.29, 0.717) is 0 Å². The molecule has 0 aliphatic carbocycles. The predicted molar refractivity (Wildman–Crippen MR) is 174 cm³/mol. The van der Waals surface area contributed by atoms with E-state index >= 15 is 0 Å². The molecule has 0 amide bonds. The van der Waals surface area contributed by atoms with Crippen LogP contribution in [0.5, 0.6) is 0 Å². The molecular weight excluding hydrogens is 550 g/mol. The number of hydrogen-bond acceptors (Lipinski definition) is 1. The first kappa shape index (κ1) is 38.7. The number of hydrogen-bond donors (Lipinski definition) is 2. The molecule has 0 bridgehead atoms. The van der Waals surface area contributed by atoms with Crippen molar-refractivity contribution in [3.05, 3.63) is 0 Å². The van der Waals surface area contributed by atoms with Crippen molar-refractivity contribution in [2.24, 2.45) is 0 Å². The van der Waals surface area contributed by atoms with Crippen LogP contribution in [0, 0.1) is 0 Å². The monoisotopic (exact) mass is 621 g/mol. The van der Waals surface area contributed by atoms with E-state index in [1.165, 1.54) is 141 Å². The molecule has 0 saturated carbocycles. The Hall–Kier alpha value is 0.708. The minimum absolute atomic E-state index is 0.0890. The Morgan fingerprint density at radius 3 is 0.921 bits per heavy atom. The van der Waals surface area contributed by atoms with Crippen molar-refractivity contribution in [3.8, 4) is 0 Å². The number of unbranched alkanes of at least 4 members (excludes halogenated alkanes) is 22. The molecule has 0 aromatic heterocycles. The van der Waals surface area contributed by atoms with E-state index in [1.54, 1.807) is 0 Å². The summed E-state index contributed by atoms with van der Waals surface area (Å²) in [5, 5.41) is 0. The third-order valence-corrected chi connectivity index (χ3v) is 17.7. The summed E-state index contributed by atoms with van der Waals surface area (Å²) in [7, 11) is -4.01. The first-order chi connectivity index (χ1) is 18.1. The quantitative estimate of drug-likeness (QED) is 0.0496. The Balaban J connectivity index is 4.32. The fourth-order valence-electron chi connectivity index (χ4n) is 6.14. The van der Waals surface area contributed by atoms with E-state index in [-0.39, 0.29) is 10.4 Å². The van der Waals surface area contributed by atoms with Gasteiger partial charge in [0.05, 0.1) is 0 Å². The van der Waals surface area contributed by atoms with Gasteiger partial charge in [-0.05, 0) is 0 Å². The maximum absolute atomic E-state index is 12.3. The predicted octanol–water partition coefficient (Wildman–Crippen LogP) is 12.4. The average Bonchev–Trinajstić information content (AvgIpc) is 2.83. The molecule has 0 aromatic rings. The van der Waals surface area contributed by atoms with Gasteiger partial charge in [-0.1, -0.05) is 39.5 Å². The van der Waals surface area contributed by atoms with Crippen LogP contribution in [0.2, 0.25) is 21.3 Å². The average molecular weight is 622 g/mol. The molecule has 3 nitrogen and oxygen atoms in total. The molecular formula is C33H71AsO3P+. The molecule has 0 fully saturated rings. The van der Waals surface area contributed by atoms with Gasteiger partial charge in [0.1, 0.15) is 0 Å². The summed E-state index contributed by atoms with van der Waals surface area (Å²) in [6.07, 6.45) is 34.3. The Morgan fingerprint density at radius 2 is 0.711 bits per heavy atom. The van der Waals surface area contributed by atoms with Crippen LogP contribution in [-0.2, 0) is 4.57 Å². The molecule has 0 aromatic carbocycles. The Labute approximate surface area is 243 Å². The second-order valence-corrected chi connectivity index (χ2v) is 25.4. The van der Waals surface area contributed by atoms with Gasteiger partial charge in [0.2, 0.25) is 0 Å². The summed E-state index contributed by atoms with van der Waals surface area (Å²) in [5.74, 6) is 0. The second kappa shape index (κ2) is 24.3. The van der Waals surface area contributed by atoms with Gasteiger partial charge in [-0.15, -0.1) is 0 Å². The van der Waals surface area contributed by atoms with Gasteiger partial charge in [0, 0.05) is 0 Å². The molecule has 38 heavy (non-hydrogen) atoms. The molecule has 5 heteroatoms. The first-order valence-corrected chi connectivity index (χ1v) is 25.3. The summed E-state index contributed by atoms with van der Waals surface area (Å²) in [6.45, 7) is 4.56. The van der Waals surface area contributed by atoms with Crippen molar-refractivity contribution in [2.75, 3.05) is 6.16 Å². The van der Waals surface area contributed by atoms with Crippen LogP contribution in [0.3, 0.4) is 0 Å². The van der Waals surface area contributed by atoms with Crippen LogP contribution in [0.4, 0.5) is 0 Å². The van der Waals surface area contributed by atoms with Gasteiger partial charge >= 0.3 is 204 Å². The summed E-state index contributed by atoms with van der Waals surface area (Å²) in [4.78, 5) is 20.1. The Morgan fingerprint density at radius 1 is 0.474 bits per heavy atom. The molecule has 0 spiro atoms. The van der Waals surface area contributed by atoms with Gasteiger partial charge < -0.3 is 0 Å². The summed E-state index contributed by atoms with van der Waals surface area (Å²) in [5.41, 5.74) is 7.15. The molecule has 0 heterocycles. The topological polar surface area (TPSA) is 57.5 Å². The van der Waals surface area contributed by atoms with Crippen LogP contribution in [-0.4, -0.2) is 29.5 Å². The van der Waals surface area contributed by atoms with Crippen molar-refractivity contribution in [1.82, 2.24) is 0 Å². The van der Waals surface area contributed by atoms with E-state index in [9.17, 15) is 14.4 Å². The third-order valence-electron chi connectivity index (χ3n) is 8.91. The van der Waals surface area contributed by atoms with Crippen LogP contribution in [0.1, 0.15) is 181 Å². The fraction of sp³-hybridized carbons (Fsp3) is 1.00. The van der Waals surface area contributed by atoms with E-state index in [1.807, 2.05) is 0 Å². The Kier molecular flexibility index (Phi) is 24.8.